The summed E-state index contributed by atoms with van der Waals surface area (Å²) in [6, 6.07) is 5.19. The molecule has 1 fully saturated rings. The lowest BCUT2D eigenvalue weighted by Crippen LogP contribution is -2.48. The predicted molar refractivity (Wildman–Crippen MR) is 83.6 cm³/mol. The van der Waals surface area contributed by atoms with Crippen LogP contribution in [0.15, 0.2) is 18.2 Å². The van der Waals surface area contributed by atoms with Crippen LogP contribution < -0.4 is 5.32 Å². The number of amides is 1. The van der Waals surface area contributed by atoms with E-state index in [0.29, 0.717) is 18.6 Å². The molecular formula is C17H25FN2O2. The van der Waals surface area contributed by atoms with E-state index in [2.05, 4.69) is 24.1 Å². The Hall–Kier alpha value is -1.46. The number of rotatable bonds is 5. The molecule has 3 atom stereocenters. The van der Waals surface area contributed by atoms with Gasteiger partial charge in [0, 0.05) is 24.2 Å². The first-order valence-corrected chi connectivity index (χ1v) is 7.87. The lowest BCUT2D eigenvalue weighted by molar-refractivity contribution is -0.127. The molecule has 3 unspecified atom stereocenters. The Morgan fingerprint density at radius 1 is 1.41 bits per heavy atom. The van der Waals surface area contributed by atoms with E-state index in [0.717, 1.165) is 18.4 Å². The van der Waals surface area contributed by atoms with E-state index in [-0.39, 0.29) is 24.1 Å². The Morgan fingerprint density at radius 2 is 2.05 bits per heavy atom. The molecule has 122 valence electrons. The van der Waals surface area contributed by atoms with Gasteiger partial charge in [0.2, 0.25) is 5.91 Å². The third kappa shape index (κ3) is 3.65. The Kier molecular flexibility index (Phi) is 5.53. The molecule has 0 radical (unpaired) electrons. The molecule has 1 aromatic rings. The molecule has 5 heteroatoms. The van der Waals surface area contributed by atoms with Crippen molar-refractivity contribution in [2.24, 2.45) is 0 Å². The summed E-state index contributed by atoms with van der Waals surface area (Å²) in [6.07, 6.45) is 2.24. The number of nitrogens with one attached hydrogen (secondary N) is 1. The van der Waals surface area contributed by atoms with Gasteiger partial charge in [-0.1, -0.05) is 6.07 Å². The van der Waals surface area contributed by atoms with E-state index >= 15 is 0 Å². The molecular weight excluding hydrogens is 283 g/mol. The minimum Gasteiger partial charge on any atom is -0.392 e. The van der Waals surface area contributed by atoms with Crippen molar-refractivity contribution in [3.63, 3.8) is 0 Å². The van der Waals surface area contributed by atoms with E-state index in [1.165, 1.54) is 6.07 Å². The molecule has 0 aromatic heterocycles. The molecule has 4 nitrogen and oxygen atoms in total. The van der Waals surface area contributed by atoms with Gasteiger partial charge in [0.1, 0.15) is 5.82 Å². The van der Waals surface area contributed by atoms with E-state index in [1.54, 1.807) is 12.1 Å². The fraction of sp³-hybridized carbons (Fsp3) is 0.588. The average molecular weight is 308 g/mol. The summed E-state index contributed by atoms with van der Waals surface area (Å²) in [6.45, 7) is 6.24. The summed E-state index contributed by atoms with van der Waals surface area (Å²) in [5, 5.41) is 12.0. The van der Waals surface area contributed by atoms with Gasteiger partial charge in [-0.05, 0) is 51.3 Å². The van der Waals surface area contributed by atoms with Crippen LogP contribution >= 0.6 is 0 Å². The number of carbonyl (C=O) groups excluding carboxylic acids is 1. The van der Waals surface area contributed by atoms with Gasteiger partial charge in [0.05, 0.1) is 12.6 Å². The number of halogens is 1. The van der Waals surface area contributed by atoms with Crippen LogP contribution in [0, 0.1) is 5.82 Å². The van der Waals surface area contributed by atoms with Gasteiger partial charge in [0.15, 0.2) is 0 Å². The van der Waals surface area contributed by atoms with Gasteiger partial charge in [-0.15, -0.1) is 0 Å². The van der Waals surface area contributed by atoms with Crippen molar-refractivity contribution < 1.29 is 14.3 Å². The standard InChI is InChI=1S/C17H25FN2O2/c1-11-4-5-12(2)20(11)13(3)17(22)19-9-14-6-7-16(18)15(8-14)10-21/h6-8,11-13,21H,4-5,9-10H2,1-3H3,(H,19,22). The second kappa shape index (κ2) is 7.20. The van der Waals surface area contributed by atoms with Crippen LogP contribution in [-0.2, 0) is 17.9 Å². The van der Waals surface area contributed by atoms with Crippen molar-refractivity contribution in [2.45, 2.75) is 64.9 Å². The van der Waals surface area contributed by atoms with Crippen LogP contribution in [0.5, 0.6) is 0 Å². The number of aliphatic hydroxyl groups excluding tert-OH is 1. The fourth-order valence-corrected chi connectivity index (χ4v) is 3.31. The topological polar surface area (TPSA) is 52.6 Å². The van der Waals surface area contributed by atoms with Gasteiger partial charge in [0.25, 0.3) is 0 Å². The van der Waals surface area contributed by atoms with Gasteiger partial charge >= 0.3 is 0 Å². The van der Waals surface area contributed by atoms with E-state index < -0.39 is 5.82 Å². The van der Waals surface area contributed by atoms with Gasteiger partial charge < -0.3 is 10.4 Å². The zero-order valence-corrected chi connectivity index (χ0v) is 13.5. The molecule has 0 saturated carbocycles. The first-order chi connectivity index (χ1) is 10.4. The molecule has 2 N–H and O–H groups in total. The molecule has 1 amide bonds. The first kappa shape index (κ1) is 16.9. The number of carbonyl (C=O) groups is 1. The van der Waals surface area contributed by atoms with Crippen LogP contribution in [0.4, 0.5) is 4.39 Å². The summed E-state index contributed by atoms with van der Waals surface area (Å²) >= 11 is 0. The quantitative estimate of drug-likeness (QED) is 0.877. The smallest absolute Gasteiger partial charge is 0.237 e. The van der Waals surface area contributed by atoms with Crippen molar-refractivity contribution in [1.29, 1.82) is 0 Å². The zero-order valence-electron chi connectivity index (χ0n) is 13.5. The largest absolute Gasteiger partial charge is 0.392 e. The van der Waals surface area contributed by atoms with Crippen molar-refractivity contribution in [3.8, 4) is 0 Å². The highest BCUT2D eigenvalue weighted by Crippen LogP contribution is 2.25. The molecule has 0 bridgehead atoms. The SMILES string of the molecule is CC1CCC(C)N1C(C)C(=O)NCc1ccc(F)c(CO)c1. The predicted octanol–water partition coefficient (Wildman–Crippen LogP) is 2.20. The number of hydrogen-bond donors (Lipinski definition) is 2. The van der Waals surface area contributed by atoms with Crippen molar-refractivity contribution >= 4 is 5.91 Å². The summed E-state index contributed by atoms with van der Waals surface area (Å²) in [5.41, 5.74) is 1.04. The maximum Gasteiger partial charge on any atom is 0.237 e. The number of benzene rings is 1. The lowest BCUT2D eigenvalue weighted by atomic mass is 10.1. The summed E-state index contributed by atoms with van der Waals surface area (Å²) in [7, 11) is 0. The lowest BCUT2D eigenvalue weighted by Gasteiger charge is -2.31. The van der Waals surface area contributed by atoms with Crippen LogP contribution in [-0.4, -0.2) is 34.0 Å². The number of nitrogens with zero attached hydrogens (tertiary/aromatic N) is 1. The summed E-state index contributed by atoms with van der Waals surface area (Å²) in [5.74, 6) is -0.443. The Bertz CT molecular complexity index is 525. The highest BCUT2D eigenvalue weighted by molar-refractivity contribution is 5.81. The van der Waals surface area contributed by atoms with Gasteiger partial charge in [-0.25, -0.2) is 4.39 Å². The molecule has 1 aliphatic heterocycles. The summed E-state index contributed by atoms with van der Waals surface area (Å²) in [4.78, 5) is 14.6. The minimum absolute atomic E-state index is 0.0181. The van der Waals surface area contributed by atoms with E-state index in [1.807, 2.05) is 6.92 Å². The first-order valence-electron chi connectivity index (χ1n) is 7.87. The van der Waals surface area contributed by atoms with Crippen LogP contribution in [0.3, 0.4) is 0 Å². The number of likely N-dealkylation sites (tertiary alicyclic amines) is 1. The summed E-state index contributed by atoms with van der Waals surface area (Å²) < 4.78 is 13.3. The fourth-order valence-electron chi connectivity index (χ4n) is 3.31. The Morgan fingerprint density at radius 3 is 2.64 bits per heavy atom. The zero-order chi connectivity index (χ0) is 16.3. The third-order valence-electron chi connectivity index (χ3n) is 4.59. The van der Waals surface area contributed by atoms with Crippen molar-refractivity contribution in [1.82, 2.24) is 10.2 Å². The second-order valence-corrected chi connectivity index (χ2v) is 6.20. The molecule has 1 saturated heterocycles. The maximum absolute atomic E-state index is 13.3. The monoisotopic (exact) mass is 308 g/mol. The Balaban J connectivity index is 1.95. The highest BCUT2D eigenvalue weighted by Gasteiger charge is 2.34. The molecule has 1 aromatic carbocycles. The molecule has 1 heterocycles. The van der Waals surface area contributed by atoms with E-state index in [9.17, 15) is 9.18 Å². The van der Waals surface area contributed by atoms with Crippen LogP contribution in [0.2, 0.25) is 0 Å². The average Bonchev–Trinajstić information content (AvgIpc) is 2.84. The molecule has 0 spiro atoms. The third-order valence-corrected chi connectivity index (χ3v) is 4.59. The molecule has 22 heavy (non-hydrogen) atoms. The normalized spacial score (nSPS) is 23.5. The number of hydrogen-bond acceptors (Lipinski definition) is 3. The highest BCUT2D eigenvalue weighted by atomic mass is 19.1. The molecule has 1 aliphatic rings. The van der Waals surface area contributed by atoms with Gasteiger partial charge in [-0.3, -0.25) is 9.69 Å². The molecule has 2 rings (SSSR count). The van der Waals surface area contributed by atoms with Crippen molar-refractivity contribution in [3.05, 3.63) is 35.1 Å². The van der Waals surface area contributed by atoms with Crippen molar-refractivity contribution in [2.75, 3.05) is 0 Å². The van der Waals surface area contributed by atoms with Crippen LogP contribution in [0.25, 0.3) is 0 Å². The Labute approximate surface area is 131 Å². The van der Waals surface area contributed by atoms with E-state index in [4.69, 9.17) is 5.11 Å². The molecule has 0 aliphatic carbocycles. The maximum atomic E-state index is 13.3. The number of aliphatic hydroxyl groups is 1. The van der Waals surface area contributed by atoms with Gasteiger partial charge in [-0.2, -0.15) is 0 Å². The van der Waals surface area contributed by atoms with Crippen LogP contribution in [0.1, 0.15) is 44.7 Å². The second-order valence-electron chi connectivity index (χ2n) is 6.20. The minimum atomic E-state index is -0.425.